The number of nitrogens with zero attached hydrogens (tertiary/aromatic N) is 1. The highest BCUT2D eigenvalue weighted by Gasteiger charge is 2.21. The van der Waals surface area contributed by atoms with Crippen molar-refractivity contribution in [3.63, 3.8) is 0 Å². The number of piperidine rings is 1. The largest absolute Gasteiger partial charge is 0.339 e. The van der Waals surface area contributed by atoms with Gasteiger partial charge in [0.25, 0.3) is 5.91 Å². The minimum absolute atomic E-state index is 0.0629. The smallest absolute Gasteiger partial charge is 0.255 e. The SMILES string of the molecule is O=C(CSc1ccc(Cl)cc1)Nc1cc(Cl)ccc1C(=O)N1CCCCC1. The summed E-state index contributed by atoms with van der Waals surface area (Å²) in [5, 5.41) is 3.97. The van der Waals surface area contributed by atoms with Crippen molar-refractivity contribution in [1.29, 1.82) is 0 Å². The van der Waals surface area contributed by atoms with Crippen molar-refractivity contribution in [1.82, 2.24) is 4.90 Å². The van der Waals surface area contributed by atoms with Gasteiger partial charge in [-0.2, -0.15) is 0 Å². The van der Waals surface area contributed by atoms with E-state index in [2.05, 4.69) is 5.32 Å². The van der Waals surface area contributed by atoms with Gasteiger partial charge in [0.05, 0.1) is 17.0 Å². The van der Waals surface area contributed by atoms with Crippen LogP contribution in [0.2, 0.25) is 10.0 Å². The molecule has 1 saturated heterocycles. The van der Waals surface area contributed by atoms with Crippen molar-refractivity contribution in [2.75, 3.05) is 24.2 Å². The van der Waals surface area contributed by atoms with Gasteiger partial charge in [0.2, 0.25) is 5.91 Å². The highest BCUT2D eigenvalue weighted by molar-refractivity contribution is 8.00. The average Bonchev–Trinajstić information content (AvgIpc) is 2.68. The Morgan fingerprint density at radius 3 is 2.33 bits per heavy atom. The van der Waals surface area contributed by atoms with Crippen molar-refractivity contribution >= 4 is 52.5 Å². The fraction of sp³-hybridized carbons (Fsp3) is 0.300. The zero-order valence-electron chi connectivity index (χ0n) is 14.7. The number of thioether (sulfide) groups is 1. The predicted octanol–water partition coefficient (Wildman–Crippen LogP) is 5.35. The van der Waals surface area contributed by atoms with E-state index in [1.165, 1.54) is 11.8 Å². The van der Waals surface area contributed by atoms with Crippen LogP contribution in [0, 0.1) is 0 Å². The van der Waals surface area contributed by atoms with Crippen molar-refractivity contribution in [2.45, 2.75) is 24.2 Å². The number of anilines is 1. The van der Waals surface area contributed by atoms with Crippen molar-refractivity contribution < 1.29 is 9.59 Å². The Labute approximate surface area is 173 Å². The van der Waals surface area contributed by atoms with Crippen LogP contribution in [-0.4, -0.2) is 35.6 Å². The van der Waals surface area contributed by atoms with E-state index >= 15 is 0 Å². The van der Waals surface area contributed by atoms with E-state index in [4.69, 9.17) is 23.2 Å². The zero-order valence-corrected chi connectivity index (χ0v) is 17.0. The van der Waals surface area contributed by atoms with E-state index in [0.29, 0.717) is 21.3 Å². The van der Waals surface area contributed by atoms with E-state index in [1.54, 1.807) is 30.3 Å². The maximum Gasteiger partial charge on any atom is 0.255 e. The van der Waals surface area contributed by atoms with Gasteiger partial charge in [-0.3, -0.25) is 9.59 Å². The number of hydrogen-bond acceptors (Lipinski definition) is 3. The fourth-order valence-corrected chi connectivity index (χ4v) is 3.94. The predicted molar refractivity (Wildman–Crippen MR) is 112 cm³/mol. The summed E-state index contributed by atoms with van der Waals surface area (Å²) in [4.78, 5) is 28.0. The van der Waals surface area contributed by atoms with Gasteiger partial charge < -0.3 is 10.2 Å². The molecular formula is C20H20Cl2N2O2S. The van der Waals surface area contributed by atoms with Crippen molar-refractivity contribution in [3.8, 4) is 0 Å². The summed E-state index contributed by atoms with van der Waals surface area (Å²) in [6.07, 6.45) is 3.17. The lowest BCUT2D eigenvalue weighted by Gasteiger charge is -2.27. The van der Waals surface area contributed by atoms with Crippen LogP contribution in [0.1, 0.15) is 29.6 Å². The molecule has 0 saturated carbocycles. The van der Waals surface area contributed by atoms with Crippen LogP contribution in [0.3, 0.4) is 0 Å². The number of halogens is 2. The minimum Gasteiger partial charge on any atom is -0.339 e. The summed E-state index contributed by atoms with van der Waals surface area (Å²) in [6, 6.07) is 12.3. The molecule has 2 amide bonds. The number of likely N-dealkylation sites (tertiary alicyclic amines) is 1. The second-order valence-electron chi connectivity index (χ2n) is 6.33. The average molecular weight is 423 g/mol. The lowest BCUT2D eigenvalue weighted by Crippen LogP contribution is -2.36. The van der Waals surface area contributed by atoms with Crippen molar-refractivity contribution in [3.05, 3.63) is 58.1 Å². The van der Waals surface area contributed by atoms with Gasteiger partial charge in [0.1, 0.15) is 0 Å². The van der Waals surface area contributed by atoms with E-state index < -0.39 is 0 Å². The Kier molecular flexibility index (Phi) is 7.05. The summed E-state index contributed by atoms with van der Waals surface area (Å²) in [7, 11) is 0. The summed E-state index contributed by atoms with van der Waals surface area (Å²) >= 11 is 13.4. The molecule has 1 N–H and O–H groups in total. The number of rotatable bonds is 5. The third-order valence-electron chi connectivity index (χ3n) is 4.31. The molecule has 0 bridgehead atoms. The maximum absolute atomic E-state index is 12.8. The Balaban J connectivity index is 1.67. The third-order valence-corrected chi connectivity index (χ3v) is 5.81. The first-order valence-corrected chi connectivity index (χ1v) is 10.5. The highest BCUT2D eigenvalue weighted by Crippen LogP contribution is 2.25. The number of benzene rings is 2. The Morgan fingerprint density at radius 1 is 0.963 bits per heavy atom. The van der Waals surface area contributed by atoms with Crippen LogP contribution < -0.4 is 5.32 Å². The number of carbonyl (C=O) groups excluding carboxylic acids is 2. The Morgan fingerprint density at radius 2 is 1.63 bits per heavy atom. The first-order valence-electron chi connectivity index (χ1n) is 8.80. The molecule has 2 aromatic rings. The molecule has 0 unspecified atom stereocenters. The number of hydrogen-bond donors (Lipinski definition) is 1. The highest BCUT2D eigenvalue weighted by atomic mass is 35.5. The van der Waals surface area contributed by atoms with Crippen LogP contribution in [0.4, 0.5) is 5.69 Å². The van der Waals surface area contributed by atoms with E-state index in [1.807, 2.05) is 17.0 Å². The molecule has 1 aliphatic rings. The molecular weight excluding hydrogens is 403 g/mol. The molecule has 0 aromatic heterocycles. The first kappa shape index (κ1) is 20.1. The lowest BCUT2D eigenvalue weighted by molar-refractivity contribution is -0.113. The Bertz CT molecular complexity index is 821. The van der Waals surface area contributed by atoms with E-state index in [9.17, 15) is 9.59 Å². The van der Waals surface area contributed by atoms with Crippen molar-refractivity contribution in [2.24, 2.45) is 0 Å². The van der Waals surface area contributed by atoms with E-state index in [-0.39, 0.29) is 17.6 Å². The van der Waals surface area contributed by atoms with Crippen LogP contribution in [0.25, 0.3) is 0 Å². The molecule has 2 aromatic carbocycles. The molecule has 1 fully saturated rings. The van der Waals surface area contributed by atoms with Gasteiger partial charge in [-0.15, -0.1) is 11.8 Å². The van der Waals surface area contributed by atoms with Gasteiger partial charge in [-0.1, -0.05) is 23.2 Å². The number of carbonyl (C=O) groups is 2. The van der Waals surface area contributed by atoms with Crippen LogP contribution in [-0.2, 0) is 4.79 Å². The normalized spacial score (nSPS) is 14.1. The zero-order chi connectivity index (χ0) is 19.2. The van der Waals surface area contributed by atoms with E-state index in [0.717, 1.165) is 37.2 Å². The monoisotopic (exact) mass is 422 g/mol. The van der Waals surface area contributed by atoms with Gasteiger partial charge >= 0.3 is 0 Å². The molecule has 3 rings (SSSR count). The quantitative estimate of drug-likeness (QED) is 0.660. The first-order chi connectivity index (χ1) is 13.0. The van der Waals surface area contributed by atoms with Crippen LogP contribution in [0.15, 0.2) is 47.4 Å². The van der Waals surface area contributed by atoms with Gasteiger partial charge in [-0.05, 0) is 61.7 Å². The lowest BCUT2D eigenvalue weighted by atomic mass is 10.1. The van der Waals surface area contributed by atoms with Gasteiger partial charge in [-0.25, -0.2) is 0 Å². The minimum atomic E-state index is -0.190. The summed E-state index contributed by atoms with van der Waals surface area (Å²) in [6.45, 7) is 1.50. The summed E-state index contributed by atoms with van der Waals surface area (Å²) in [5.41, 5.74) is 0.936. The molecule has 1 heterocycles. The molecule has 4 nitrogen and oxygen atoms in total. The standard InChI is InChI=1S/C20H20Cl2N2O2S/c21-14-4-7-16(8-5-14)27-13-19(25)23-18-12-15(22)6-9-17(18)20(26)24-10-2-1-3-11-24/h4-9,12H,1-3,10-11,13H2,(H,23,25). The third kappa shape index (κ3) is 5.64. The molecule has 1 aliphatic heterocycles. The number of nitrogens with one attached hydrogen (secondary N) is 1. The maximum atomic E-state index is 12.8. The van der Waals surface area contributed by atoms with Crippen LogP contribution >= 0.6 is 35.0 Å². The topological polar surface area (TPSA) is 49.4 Å². The number of amides is 2. The molecule has 0 aliphatic carbocycles. The molecule has 0 atom stereocenters. The molecule has 0 radical (unpaired) electrons. The molecule has 0 spiro atoms. The summed E-state index contributed by atoms with van der Waals surface area (Å²) in [5.74, 6) is -0.0252. The molecule has 7 heteroatoms. The second kappa shape index (κ2) is 9.49. The second-order valence-corrected chi connectivity index (χ2v) is 8.26. The summed E-state index contributed by atoms with van der Waals surface area (Å²) < 4.78 is 0. The Hall–Kier alpha value is -1.69. The molecule has 27 heavy (non-hydrogen) atoms. The van der Waals surface area contributed by atoms with Crippen LogP contribution in [0.5, 0.6) is 0 Å². The van der Waals surface area contributed by atoms with Gasteiger partial charge in [0.15, 0.2) is 0 Å². The fourth-order valence-electron chi connectivity index (χ4n) is 2.94. The van der Waals surface area contributed by atoms with Gasteiger partial charge in [0, 0.05) is 28.0 Å². The molecule has 142 valence electrons.